The summed E-state index contributed by atoms with van der Waals surface area (Å²) in [5.74, 6) is 0. The number of anilines is 1. The third-order valence-electron chi connectivity index (χ3n) is 2.66. The number of nitrogens with zero attached hydrogens (tertiary/aromatic N) is 5. The van der Waals surface area contributed by atoms with Gasteiger partial charge in [-0.2, -0.15) is 25.4 Å². The molecule has 116 valence electrons. The zero-order valence-corrected chi connectivity index (χ0v) is 12.9. The molecule has 0 saturated carbocycles. The Labute approximate surface area is 132 Å². The molecule has 1 aromatic carbocycles. The number of carbonyl (C=O) groups excluding carboxylic acids is 1. The van der Waals surface area contributed by atoms with Gasteiger partial charge in [0.05, 0.1) is 11.9 Å². The van der Waals surface area contributed by atoms with Crippen molar-refractivity contribution in [2.45, 2.75) is 26.4 Å². The molecule has 2 rings (SSSR count). The topological polar surface area (TPSA) is 116 Å². The summed E-state index contributed by atoms with van der Waals surface area (Å²) in [5, 5.41) is 25.8. The molecule has 0 atom stereocenters. The molecule has 1 heterocycles. The molecule has 1 N–H and O–H groups in total. The molecule has 0 saturated heterocycles. The van der Waals surface area contributed by atoms with E-state index in [2.05, 4.69) is 15.6 Å². The molecule has 2 aromatic rings. The van der Waals surface area contributed by atoms with Gasteiger partial charge in [0.25, 0.3) is 0 Å². The lowest BCUT2D eigenvalue weighted by Gasteiger charge is -2.19. The second-order valence-electron chi connectivity index (χ2n) is 5.58. The van der Waals surface area contributed by atoms with E-state index in [9.17, 15) is 4.79 Å². The Morgan fingerprint density at radius 3 is 2.65 bits per heavy atom. The molecule has 0 bridgehead atoms. The molecule has 1 aromatic heterocycles. The number of hydrogen-bond donors (Lipinski definition) is 1. The van der Waals surface area contributed by atoms with Crippen molar-refractivity contribution in [2.24, 2.45) is 5.10 Å². The highest BCUT2D eigenvalue weighted by molar-refractivity contribution is 6.10. The monoisotopic (exact) mass is 310 g/mol. The Hall–Kier alpha value is -3.39. The van der Waals surface area contributed by atoms with E-state index >= 15 is 0 Å². The number of hydrogen-bond acceptors (Lipinski definition) is 7. The summed E-state index contributed by atoms with van der Waals surface area (Å²) in [6.07, 6.45) is 0.885. The summed E-state index contributed by atoms with van der Waals surface area (Å²) in [4.78, 5) is 12.2. The molecule has 0 aliphatic carbocycles. The predicted octanol–water partition coefficient (Wildman–Crippen LogP) is 2.63. The maximum absolute atomic E-state index is 12.2. The average Bonchev–Trinajstić information content (AvgIpc) is 2.91. The van der Waals surface area contributed by atoms with Crippen molar-refractivity contribution < 1.29 is 9.53 Å². The van der Waals surface area contributed by atoms with E-state index in [0.717, 1.165) is 4.68 Å². The van der Waals surface area contributed by atoms with Crippen molar-refractivity contribution in [3.63, 3.8) is 0 Å². The van der Waals surface area contributed by atoms with Crippen LogP contribution in [0.3, 0.4) is 0 Å². The van der Waals surface area contributed by atoms with Gasteiger partial charge in [0.15, 0.2) is 0 Å². The predicted molar refractivity (Wildman–Crippen MR) is 83.6 cm³/mol. The lowest BCUT2D eigenvalue weighted by atomic mass is 10.2. The lowest BCUT2D eigenvalue weighted by Crippen LogP contribution is -2.27. The minimum atomic E-state index is -0.662. The number of carbonyl (C=O) groups is 1. The van der Waals surface area contributed by atoms with Crippen LogP contribution in [0, 0.1) is 22.7 Å². The van der Waals surface area contributed by atoms with E-state index in [-0.39, 0.29) is 5.71 Å². The van der Waals surface area contributed by atoms with Crippen molar-refractivity contribution in [1.29, 1.82) is 10.5 Å². The molecular formula is C15H14N6O2. The van der Waals surface area contributed by atoms with Crippen molar-refractivity contribution in [2.75, 3.05) is 5.43 Å². The van der Waals surface area contributed by atoms with Gasteiger partial charge in [-0.15, -0.1) is 0 Å². The van der Waals surface area contributed by atoms with Crippen LogP contribution >= 0.6 is 0 Å². The van der Waals surface area contributed by atoms with E-state index < -0.39 is 11.7 Å². The van der Waals surface area contributed by atoms with Gasteiger partial charge in [-0.1, -0.05) is 12.1 Å². The molecule has 0 spiro atoms. The number of nitrogens with one attached hydrogen (secondary N) is 1. The van der Waals surface area contributed by atoms with Crippen LogP contribution < -0.4 is 5.43 Å². The number of fused-ring (bicyclic) bond motifs is 1. The smallest absolute Gasteiger partial charge is 0.435 e. The third kappa shape index (κ3) is 3.63. The minimum Gasteiger partial charge on any atom is -0.442 e. The Morgan fingerprint density at radius 2 is 2.04 bits per heavy atom. The SMILES string of the molecule is CC(C)(C)OC(=O)n1ncc2cccc(NN=C(C#N)C#N)c21. The molecule has 23 heavy (non-hydrogen) atoms. The fourth-order valence-corrected chi connectivity index (χ4v) is 1.80. The summed E-state index contributed by atoms with van der Waals surface area (Å²) in [6.45, 7) is 5.27. The van der Waals surface area contributed by atoms with Crippen LogP contribution in [0.25, 0.3) is 10.9 Å². The van der Waals surface area contributed by atoms with Crippen LogP contribution in [0.5, 0.6) is 0 Å². The van der Waals surface area contributed by atoms with Crippen LogP contribution in [0.2, 0.25) is 0 Å². The Kier molecular flexibility index (Phi) is 4.28. The quantitative estimate of drug-likeness (QED) is 0.673. The largest absolute Gasteiger partial charge is 0.442 e. The average molecular weight is 310 g/mol. The first kappa shape index (κ1) is 16.0. The van der Waals surface area contributed by atoms with Crippen molar-refractivity contribution in [3.05, 3.63) is 24.4 Å². The van der Waals surface area contributed by atoms with E-state index in [0.29, 0.717) is 16.6 Å². The van der Waals surface area contributed by atoms with E-state index in [4.69, 9.17) is 15.3 Å². The molecule has 8 heteroatoms. The van der Waals surface area contributed by atoms with Gasteiger partial charge >= 0.3 is 6.09 Å². The van der Waals surface area contributed by atoms with E-state index in [1.807, 2.05) is 0 Å². The van der Waals surface area contributed by atoms with Gasteiger partial charge in [-0.25, -0.2) is 4.79 Å². The standard InChI is InChI=1S/C15H14N6O2/c1-15(2,3)23-14(22)21-13-10(9-18-21)5-4-6-12(13)20-19-11(7-16)8-17/h4-6,9,20H,1-3H3. The molecular weight excluding hydrogens is 296 g/mol. The highest BCUT2D eigenvalue weighted by Crippen LogP contribution is 2.24. The van der Waals surface area contributed by atoms with Crippen LogP contribution in [0.1, 0.15) is 20.8 Å². The first-order valence-corrected chi connectivity index (χ1v) is 6.69. The van der Waals surface area contributed by atoms with Crippen molar-refractivity contribution in [1.82, 2.24) is 9.78 Å². The number of benzene rings is 1. The molecule has 0 fully saturated rings. The number of aromatic nitrogens is 2. The number of hydrazone groups is 1. The van der Waals surface area contributed by atoms with E-state index in [1.165, 1.54) is 6.20 Å². The van der Waals surface area contributed by atoms with Crippen LogP contribution in [0.4, 0.5) is 10.5 Å². The third-order valence-corrected chi connectivity index (χ3v) is 2.66. The molecule has 0 aliphatic rings. The molecule has 0 radical (unpaired) electrons. The lowest BCUT2D eigenvalue weighted by molar-refractivity contribution is 0.0523. The summed E-state index contributed by atoms with van der Waals surface area (Å²) in [7, 11) is 0. The zero-order chi connectivity index (χ0) is 17.0. The molecule has 0 amide bonds. The summed E-state index contributed by atoms with van der Waals surface area (Å²) in [5.41, 5.74) is 2.49. The normalized spacial score (nSPS) is 10.5. The fraction of sp³-hybridized carbons (Fsp3) is 0.267. The summed E-state index contributed by atoms with van der Waals surface area (Å²) in [6, 6.07) is 8.45. The number of nitriles is 2. The first-order valence-electron chi connectivity index (χ1n) is 6.69. The second kappa shape index (κ2) is 6.16. The summed E-state index contributed by atoms with van der Waals surface area (Å²) < 4.78 is 6.41. The second-order valence-corrected chi connectivity index (χ2v) is 5.58. The molecule has 0 aliphatic heterocycles. The maximum Gasteiger partial charge on any atom is 0.435 e. The van der Waals surface area contributed by atoms with Gasteiger partial charge in [0, 0.05) is 5.39 Å². The van der Waals surface area contributed by atoms with Crippen molar-refractivity contribution >= 4 is 28.4 Å². The van der Waals surface area contributed by atoms with Crippen LogP contribution in [-0.2, 0) is 4.74 Å². The maximum atomic E-state index is 12.2. The van der Waals surface area contributed by atoms with Gasteiger partial charge in [-0.3, -0.25) is 5.43 Å². The summed E-state index contributed by atoms with van der Waals surface area (Å²) >= 11 is 0. The van der Waals surface area contributed by atoms with Gasteiger partial charge in [-0.05, 0) is 26.8 Å². The molecule has 8 nitrogen and oxygen atoms in total. The molecule has 0 unspecified atom stereocenters. The van der Waals surface area contributed by atoms with Crippen molar-refractivity contribution in [3.8, 4) is 12.1 Å². The van der Waals surface area contributed by atoms with Gasteiger partial charge in [0.2, 0.25) is 5.71 Å². The minimum absolute atomic E-state index is 0.328. The number of ether oxygens (including phenoxy) is 1. The van der Waals surface area contributed by atoms with E-state index in [1.54, 1.807) is 51.1 Å². The fourth-order valence-electron chi connectivity index (χ4n) is 1.80. The highest BCUT2D eigenvalue weighted by Gasteiger charge is 2.21. The Balaban J connectivity index is 2.46. The Bertz CT molecular complexity index is 845. The van der Waals surface area contributed by atoms with Gasteiger partial charge in [0.1, 0.15) is 23.3 Å². The van der Waals surface area contributed by atoms with Crippen LogP contribution in [-0.4, -0.2) is 27.2 Å². The van der Waals surface area contributed by atoms with Crippen LogP contribution in [0.15, 0.2) is 29.5 Å². The Morgan fingerprint density at radius 1 is 1.35 bits per heavy atom. The highest BCUT2D eigenvalue weighted by atomic mass is 16.6. The first-order chi connectivity index (χ1) is 10.9. The number of rotatable bonds is 2. The zero-order valence-electron chi connectivity index (χ0n) is 12.9. The van der Waals surface area contributed by atoms with Gasteiger partial charge < -0.3 is 4.74 Å². The number of para-hydroxylation sites is 1.